The molecule has 0 spiro atoms. The average Bonchev–Trinajstić information content (AvgIpc) is 2.81. The van der Waals surface area contributed by atoms with Crippen LogP contribution >= 0.6 is 0 Å². The molecule has 0 heterocycles. The molecule has 0 bridgehead atoms. The number of nitrogen functional groups attached to an aromatic ring is 1. The highest BCUT2D eigenvalue weighted by Crippen LogP contribution is 2.38. The Morgan fingerprint density at radius 1 is 1.37 bits per heavy atom. The van der Waals surface area contributed by atoms with Gasteiger partial charge in [0.1, 0.15) is 0 Å². The molecule has 0 radical (unpaired) electrons. The summed E-state index contributed by atoms with van der Waals surface area (Å²) in [7, 11) is 0. The topological polar surface area (TPSA) is 29.3 Å². The summed E-state index contributed by atoms with van der Waals surface area (Å²) in [6.45, 7) is 8.16. The normalized spacial score (nSPS) is 19.7. The van der Waals surface area contributed by atoms with E-state index in [9.17, 15) is 0 Å². The van der Waals surface area contributed by atoms with E-state index in [1.165, 1.54) is 49.8 Å². The summed E-state index contributed by atoms with van der Waals surface area (Å²) in [6.07, 6.45) is 6.24. The molecule has 2 atom stereocenters. The Balaban J connectivity index is 2.20. The maximum absolute atomic E-state index is 5.90. The monoisotopic (exact) mass is 260 g/mol. The van der Waals surface area contributed by atoms with E-state index in [-0.39, 0.29) is 0 Å². The van der Waals surface area contributed by atoms with E-state index in [1.807, 2.05) is 0 Å². The van der Waals surface area contributed by atoms with Crippen molar-refractivity contribution in [1.82, 2.24) is 4.90 Å². The Morgan fingerprint density at radius 2 is 2.16 bits per heavy atom. The minimum absolute atomic E-state index is 0.608. The predicted molar refractivity (Wildman–Crippen MR) is 83.3 cm³/mol. The molecule has 1 aromatic rings. The van der Waals surface area contributed by atoms with Gasteiger partial charge in [-0.2, -0.15) is 0 Å². The Hall–Kier alpha value is -1.02. The van der Waals surface area contributed by atoms with Crippen LogP contribution in [0.15, 0.2) is 18.2 Å². The van der Waals surface area contributed by atoms with Gasteiger partial charge in [0.25, 0.3) is 0 Å². The van der Waals surface area contributed by atoms with Crippen molar-refractivity contribution in [3.05, 3.63) is 29.3 Å². The molecule has 2 rings (SSSR count). The van der Waals surface area contributed by atoms with E-state index in [1.54, 1.807) is 0 Å². The zero-order chi connectivity index (χ0) is 13.8. The maximum Gasteiger partial charge on any atom is 0.0356 e. The lowest BCUT2D eigenvalue weighted by Crippen LogP contribution is -2.36. The smallest absolute Gasteiger partial charge is 0.0356 e. The van der Waals surface area contributed by atoms with Gasteiger partial charge in [-0.25, -0.2) is 0 Å². The van der Waals surface area contributed by atoms with E-state index in [2.05, 4.69) is 43.9 Å². The van der Waals surface area contributed by atoms with Crippen LogP contribution in [0.1, 0.15) is 63.6 Å². The highest BCUT2D eigenvalue weighted by atomic mass is 15.2. The van der Waals surface area contributed by atoms with Crippen molar-refractivity contribution in [3.8, 4) is 0 Å². The Labute approximate surface area is 118 Å². The minimum Gasteiger partial charge on any atom is -0.399 e. The number of benzene rings is 1. The van der Waals surface area contributed by atoms with Gasteiger partial charge in [-0.05, 0) is 62.4 Å². The largest absolute Gasteiger partial charge is 0.399 e. The van der Waals surface area contributed by atoms with E-state index in [4.69, 9.17) is 5.73 Å². The summed E-state index contributed by atoms with van der Waals surface area (Å²) in [5.41, 5.74) is 9.80. The summed E-state index contributed by atoms with van der Waals surface area (Å²) in [5, 5.41) is 0. The van der Waals surface area contributed by atoms with Gasteiger partial charge in [-0.15, -0.1) is 0 Å². The molecule has 19 heavy (non-hydrogen) atoms. The third-order valence-corrected chi connectivity index (χ3v) is 4.54. The lowest BCUT2D eigenvalue weighted by atomic mass is 10.0. The molecular weight excluding hydrogens is 232 g/mol. The quantitative estimate of drug-likeness (QED) is 0.778. The van der Waals surface area contributed by atoms with Crippen LogP contribution in [0.25, 0.3) is 0 Å². The van der Waals surface area contributed by atoms with Crippen LogP contribution in [-0.2, 0) is 6.42 Å². The van der Waals surface area contributed by atoms with Crippen LogP contribution in [0.3, 0.4) is 0 Å². The summed E-state index contributed by atoms with van der Waals surface area (Å²) in [5.74, 6) is 0. The first kappa shape index (κ1) is 14.4. The number of rotatable bonds is 6. The maximum atomic E-state index is 5.90. The number of hydrogen-bond donors (Lipinski definition) is 1. The van der Waals surface area contributed by atoms with Crippen LogP contribution in [0, 0.1) is 0 Å². The molecule has 0 fully saturated rings. The Kier molecular flexibility index (Phi) is 4.87. The lowest BCUT2D eigenvalue weighted by Gasteiger charge is -2.34. The fourth-order valence-electron chi connectivity index (χ4n) is 3.22. The molecule has 1 aliphatic carbocycles. The SMILES string of the molecule is CCCCN(C(C)CC)C1CCc2cc(N)ccc21. The molecule has 0 aliphatic heterocycles. The van der Waals surface area contributed by atoms with Gasteiger partial charge in [-0.1, -0.05) is 26.3 Å². The number of unbranched alkanes of at least 4 members (excludes halogenated alkanes) is 1. The van der Waals surface area contributed by atoms with E-state index in [0.29, 0.717) is 12.1 Å². The highest BCUT2D eigenvalue weighted by molar-refractivity contribution is 5.47. The molecule has 0 saturated heterocycles. The van der Waals surface area contributed by atoms with E-state index in [0.717, 1.165) is 5.69 Å². The van der Waals surface area contributed by atoms with Crippen molar-refractivity contribution < 1.29 is 0 Å². The summed E-state index contributed by atoms with van der Waals surface area (Å²) in [4.78, 5) is 2.71. The van der Waals surface area contributed by atoms with E-state index >= 15 is 0 Å². The fourth-order valence-corrected chi connectivity index (χ4v) is 3.22. The van der Waals surface area contributed by atoms with Crippen molar-refractivity contribution in [2.45, 2.75) is 65.0 Å². The first-order valence-corrected chi connectivity index (χ1v) is 7.81. The number of nitrogens with two attached hydrogens (primary N) is 1. The Morgan fingerprint density at radius 3 is 2.84 bits per heavy atom. The van der Waals surface area contributed by atoms with Crippen molar-refractivity contribution in [1.29, 1.82) is 0 Å². The molecule has 0 saturated carbocycles. The Bertz CT molecular complexity index is 414. The predicted octanol–water partition coefficient (Wildman–Crippen LogP) is 4.16. The van der Waals surface area contributed by atoms with Gasteiger partial charge in [0, 0.05) is 17.8 Å². The number of nitrogens with zero attached hydrogens (tertiary/aromatic N) is 1. The number of aryl methyl sites for hydroxylation is 1. The molecule has 2 nitrogen and oxygen atoms in total. The highest BCUT2D eigenvalue weighted by Gasteiger charge is 2.29. The van der Waals surface area contributed by atoms with Gasteiger partial charge < -0.3 is 5.73 Å². The molecule has 0 aromatic heterocycles. The van der Waals surface area contributed by atoms with Crippen LogP contribution in [0.5, 0.6) is 0 Å². The average molecular weight is 260 g/mol. The van der Waals surface area contributed by atoms with Crippen LogP contribution in [0.2, 0.25) is 0 Å². The fraction of sp³-hybridized carbons (Fsp3) is 0.647. The van der Waals surface area contributed by atoms with Gasteiger partial charge in [-0.3, -0.25) is 4.90 Å². The minimum atomic E-state index is 0.608. The zero-order valence-electron chi connectivity index (χ0n) is 12.7. The lowest BCUT2D eigenvalue weighted by molar-refractivity contribution is 0.137. The van der Waals surface area contributed by atoms with Gasteiger partial charge >= 0.3 is 0 Å². The second-order valence-electron chi connectivity index (χ2n) is 5.86. The van der Waals surface area contributed by atoms with Crippen LogP contribution < -0.4 is 5.73 Å². The molecular formula is C17H28N2. The standard InChI is InChI=1S/C17H28N2/c1-4-6-11-19(13(3)5-2)17-10-7-14-12-15(18)8-9-16(14)17/h8-9,12-13,17H,4-7,10-11,18H2,1-3H3. The van der Waals surface area contributed by atoms with Crippen LogP contribution in [0.4, 0.5) is 5.69 Å². The molecule has 2 N–H and O–H groups in total. The van der Waals surface area contributed by atoms with E-state index < -0.39 is 0 Å². The van der Waals surface area contributed by atoms with Crippen molar-refractivity contribution in [2.75, 3.05) is 12.3 Å². The first-order valence-electron chi connectivity index (χ1n) is 7.81. The number of anilines is 1. The van der Waals surface area contributed by atoms with Crippen molar-refractivity contribution in [2.24, 2.45) is 0 Å². The molecule has 2 heteroatoms. The van der Waals surface area contributed by atoms with Gasteiger partial charge in [0.05, 0.1) is 0 Å². The third-order valence-electron chi connectivity index (χ3n) is 4.54. The zero-order valence-corrected chi connectivity index (χ0v) is 12.7. The summed E-state index contributed by atoms with van der Waals surface area (Å²) in [6, 6.07) is 7.76. The van der Waals surface area contributed by atoms with Crippen molar-refractivity contribution >= 4 is 5.69 Å². The molecule has 106 valence electrons. The molecule has 0 amide bonds. The number of hydrogen-bond acceptors (Lipinski definition) is 2. The third kappa shape index (κ3) is 3.11. The van der Waals surface area contributed by atoms with Crippen molar-refractivity contribution in [3.63, 3.8) is 0 Å². The number of fused-ring (bicyclic) bond motifs is 1. The first-order chi connectivity index (χ1) is 9.17. The summed E-state index contributed by atoms with van der Waals surface area (Å²) >= 11 is 0. The molecule has 2 unspecified atom stereocenters. The van der Waals surface area contributed by atoms with Gasteiger partial charge in [0.15, 0.2) is 0 Å². The second-order valence-corrected chi connectivity index (χ2v) is 5.86. The molecule has 1 aromatic carbocycles. The summed E-state index contributed by atoms with van der Waals surface area (Å²) < 4.78 is 0. The molecule has 1 aliphatic rings. The second kappa shape index (κ2) is 6.42. The van der Waals surface area contributed by atoms with Gasteiger partial charge in [0.2, 0.25) is 0 Å². The van der Waals surface area contributed by atoms with Crippen LogP contribution in [-0.4, -0.2) is 17.5 Å².